The Bertz CT molecular complexity index is 395. The zero-order chi connectivity index (χ0) is 14.6. The molecule has 0 aromatic carbocycles. The van der Waals surface area contributed by atoms with Crippen LogP contribution in [-0.4, -0.2) is 23.9 Å². The van der Waals surface area contributed by atoms with Crippen molar-refractivity contribution in [2.24, 2.45) is 11.1 Å². The van der Waals surface area contributed by atoms with Crippen molar-refractivity contribution in [3.8, 4) is 0 Å². The van der Waals surface area contributed by atoms with Gasteiger partial charge in [-0.25, -0.2) is 0 Å². The van der Waals surface area contributed by atoms with Gasteiger partial charge < -0.3 is 10.6 Å². The molecule has 2 unspecified atom stereocenters. The van der Waals surface area contributed by atoms with E-state index in [1.807, 2.05) is 18.5 Å². The van der Waals surface area contributed by atoms with E-state index < -0.39 is 0 Å². The monoisotopic (exact) mass is 282 g/mol. The van der Waals surface area contributed by atoms with Crippen LogP contribution < -0.4 is 5.73 Å². The third-order valence-corrected chi connectivity index (χ3v) is 4.28. The van der Waals surface area contributed by atoms with Gasteiger partial charge in [0.05, 0.1) is 6.04 Å². The summed E-state index contributed by atoms with van der Waals surface area (Å²) in [6, 6.07) is 4.13. The summed E-state index contributed by atoms with van der Waals surface area (Å²) in [5, 5.41) is 2.04. The van der Waals surface area contributed by atoms with Crippen LogP contribution in [0.2, 0.25) is 0 Å². The second-order valence-corrected chi connectivity index (χ2v) is 7.40. The average molecular weight is 282 g/mol. The largest absolute Gasteiger partial charge is 0.338 e. The molecule has 108 valence electrons. The fourth-order valence-corrected chi connectivity index (χ4v) is 2.99. The van der Waals surface area contributed by atoms with E-state index >= 15 is 0 Å². The maximum absolute atomic E-state index is 12.2. The Morgan fingerprint density at radius 3 is 2.58 bits per heavy atom. The number of hydrogen-bond donors (Lipinski definition) is 1. The fraction of sp³-hybridized carbons (Fsp3) is 0.667. The van der Waals surface area contributed by atoms with E-state index in [9.17, 15) is 4.79 Å². The van der Waals surface area contributed by atoms with Crippen LogP contribution in [-0.2, 0) is 4.79 Å². The molecule has 0 aliphatic rings. The molecule has 4 heteroatoms. The minimum Gasteiger partial charge on any atom is -0.338 e. The van der Waals surface area contributed by atoms with Gasteiger partial charge in [-0.15, -0.1) is 11.3 Å². The molecule has 1 rings (SSSR count). The highest BCUT2D eigenvalue weighted by molar-refractivity contribution is 7.10. The van der Waals surface area contributed by atoms with Gasteiger partial charge in [0.1, 0.15) is 0 Å². The van der Waals surface area contributed by atoms with Gasteiger partial charge in [0.15, 0.2) is 0 Å². The van der Waals surface area contributed by atoms with E-state index in [0.29, 0.717) is 6.42 Å². The van der Waals surface area contributed by atoms with E-state index in [1.165, 1.54) is 4.88 Å². The van der Waals surface area contributed by atoms with E-state index in [2.05, 4.69) is 33.8 Å². The van der Waals surface area contributed by atoms with Crippen molar-refractivity contribution in [1.29, 1.82) is 0 Å². The Labute approximate surface area is 120 Å². The summed E-state index contributed by atoms with van der Waals surface area (Å²) in [5.41, 5.74) is 6.24. The van der Waals surface area contributed by atoms with Gasteiger partial charge in [0.25, 0.3) is 0 Å². The first-order valence-corrected chi connectivity index (χ1v) is 7.63. The predicted octanol–water partition coefficient (Wildman–Crippen LogP) is 3.42. The average Bonchev–Trinajstić information content (AvgIpc) is 2.77. The summed E-state index contributed by atoms with van der Waals surface area (Å²) in [7, 11) is 1.86. The highest BCUT2D eigenvalue weighted by Gasteiger charge is 2.22. The lowest BCUT2D eigenvalue weighted by Crippen LogP contribution is -2.36. The first-order chi connectivity index (χ1) is 8.70. The van der Waals surface area contributed by atoms with Gasteiger partial charge in [0, 0.05) is 24.4 Å². The van der Waals surface area contributed by atoms with Gasteiger partial charge in [-0.2, -0.15) is 0 Å². The molecule has 3 nitrogen and oxygen atoms in total. The highest BCUT2D eigenvalue weighted by atomic mass is 32.1. The number of nitrogens with zero attached hydrogens (tertiary/aromatic N) is 1. The smallest absolute Gasteiger partial charge is 0.224 e. The topological polar surface area (TPSA) is 46.3 Å². The SMILES string of the molecule is CC(c1cccs1)N(C)C(=O)CC(N)CC(C)(C)C. The van der Waals surface area contributed by atoms with Crippen molar-refractivity contribution in [3.05, 3.63) is 22.4 Å². The number of hydrogen-bond acceptors (Lipinski definition) is 3. The molecule has 0 saturated carbocycles. The van der Waals surface area contributed by atoms with Gasteiger partial charge in [-0.05, 0) is 30.2 Å². The number of amides is 1. The number of thiophene rings is 1. The number of nitrogens with two attached hydrogens (primary N) is 1. The molecular formula is C15H26N2OS. The van der Waals surface area contributed by atoms with Crippen LogP contribution in [0.3, 0.4) is 0 Å². The lowest BCUT2D eigenvalue weighted by molar-refractivity contribution is -0.132. The quantitative estimate of drug-likeness (QED) is 0.899. The lowest BCUT2D eigenvalue weighted by Gasteiger charge is -2.27. The van der Waals surface area contributed by atoms with E-state index in [1.54, 1.807) is 16.2 Å². The standard InChI is InChI=1S/C15H26N2OS/c1-11(13-7-6-8-19-13)17(5)14(18)9-12(16)10-15(2,3)4/h6-8,11-12H,9-10,16H2,1-5H3. The van der Waals surface area contributed by atoms with Crippen LogP contribution in [0, 0.1) is 5.41 Å². The molecule has 0 aliphatic heterocycles. The maximum atomic E-state index is 12.2. The Balaban J connectivity index is 2.53. The molecule has 0 radical (unpaired) electrons. The zero-order valence-corrected chi connectivity index (χ0v) is 13.5. The molecular weight excluding hydrogens is 256 g/mol. The zero-order valence-electron chi connectivity index (χ0n) is 12.6. The molecule has 1 heterocycles. The molecule has 1 amide bonds. The molecule has 1 aromatic rings. The normalized spacial score (nSPS) is 15.1. The summed E-state index contributed by atoms with van der Waals surface area (Å²) in [6.45, 7) is 8.50. The van der Waals surface area contributed by atoms with Gasteiger partial charge in [-0.1, -0.05) is 26.8 Å². The predicted molar refractivity (Wildman–Crippen MR) is 82.2 cm³/mol. The molecule has 2 atom stereocenters. The summed E-state index contributed by atoms with van der Waals surface area (Å²) in [6.07, 6.45) is 1.28. The molecule has 19 heavy (non-hydrogen) atoms. The summed E-state index contributed by atoms with van der Waals surface area (Å²) in [5.74, 6) is 0.123. The van der Waals surface area contributed by atoms with Crippen molar-refractivity contribution in [2.75, 3.05) is 7.05 Å². The van der Waals surface area contributed by atoms with Crippen molar-refractivity contribution in [3.63, 3.8) is 0 Å². The van der Waals surface area contributed by atoms with Crippen molar-refractivity contribution >= 4 is 17.2 Å². The highest BCUT2D eigenvalue weighted by Crippen LogP contribution is 2.25. The molecule has 0 bridgehead atoms. The first kappa shape index (κ1) is 16.2. The maximum Gasteiger partial charge on any atom is 0.224 e. The second kappa shape index (κ2) is 6.53. The van der Waals surface area contributed by atoms with Gasteiger partial charge in [0.2, 0.25) is 5.91 Å². The Kier molecular flexibility index (Phi) is 5.56. The van der Waals surface area contributed by atoms with Gasteiger partial charge in [-0.3, -0.25) is 4.79 Å². The van der Waals surface area contributed by atoms with Crippen molar-refractivity contribution in [2.45, 2.75) is 52.6 Å². The number of carbonyl (C=O) groups excluding carboxylic acids is 1. The summed E-state index contributed by atoms with van der Waals surface area (Å²) in [4.78, 5) is 15.2. The molecule has 2 N–H and O–H groups in total. The third-order valence-electron chi connectivity index (χ3n) is 3.24. The minimum absolute atomic E-state index is 0.0644. The van der Waals surface area contributed by atoms with Crippen molar-refractivity contribution < 1.29 is 4.79 Å². The number of carbonyl (C=O) groups is 1. The van der Waals surface area contributed by atoms with Gasteiger partial charge >= 0.3 is 0 Å². The van der Waals surface area contributed by atoms with Crippen molar-refractivity contribution in [1.82, 2.24) is 4.90 Å². The van der Waals surface area contributed by atoms with E-state index in [4.69, 9.17) is 5.73 Å². The van der Waals surface area contributed by atoms with Crippen LogP contribution in [0.1, 0.15) is 51.5 Å². The number of rotatable bonds is 5. The Morgan fingerprint density at radius 1 is 1.47 bits per heavy atom. The minimum atomic E-state index is -0.0644. The van der Waals surface area contributed by atoms with E-state index in [0.717, 1.165) is 6.42 Å². The molecule has 0 spiro atoms. The molecule has 0 aliphatic carbocycles. The fourth-order valence-electron chi connectivity index (χ4n) is 2.16. The second-order valence-electron chi connectivity index (χ2n) is 6.43. The van der Waals surface area contributed by atoms with Crippen LogP contribution in [0.5, 0.6) is 0 Å². The lowest BCUT2D eigenvalue weighted by atomic mass is 9.87. The molecule has 0 fully saturated rings. The third kappa shape index (κ3) is 5.33. The van der Waals surface area contributed by atoms with Crippen LogP contribution >= 0.6 is 11.3 Å². The summed E-state index contributed by atoms with van der Waals surface area (Å²) < 4.78 is 0. The van der Waals surface area contributed by atoms with Crippen LogP contribution in [0.15, 0.2) is 17.5 Å². The molecule has 1 aromatic heterocycles. The summed E-state index contributed by atoms with van der Waals surface area (Å²) >= 11 is 1.68. The first-order valence-electron chi connectivity index (χ1n) is 6.75. The Hall–Kier alpha value is -0.870. The van der Waals surface area contributed by atoms with Crippen LogP contribution in [0.4, 0.5) is 0 Å². The van der Waals surface area contributed by atoms with Crippen LogP contribution in [0.25, 0.3) is 0 Å². The van der Waals surface area contributed by atoms with E-state index in [-0.39, 0.29) is 23.4 Å². The molecule has 0 saturated heterocycles. The Morgan fingerprint density at radius 2 is 2.11 bits per heavy atom.